The van der Waals surface area contributed by atoms with Crippen molar-refractivity contribution in [3.63, 3.8) is 0 Å². The first-order valence-electron chi connectivity index (χ1n) is 12.8. The Morgan fingerprint density at radius 3 is 2.55 bits per heavy atom. The summed E-state index contributed by atoms with van der Waals surface area (Å²) in [6.45, 7) is 2.69. The highest BCUT2D eigenvalue weighted by molar-refractivity contribution is 9.10. The van der Waals surface area contributed by atoms with Crippen LogP contribution in [-0.4, -0.2) is 33.6 Å². The highest BCUT2D eigenvalue weighted by atomic mass is 79.9. The zero-order chi connectivity index (χ0) is 28.1. The average molecular weight is 637 g/mol. The van der Waals surface area contributed by atoms with Gasteiger partial charge in [-0.05, 0) is 53.9 Å². The van der Waals surface area contributed by atoms with E-state index in [4.69, 9.17) is 4.74 Å². The number of halogens is 1. The predicted octanol–water partition coefficient (Wildman–Crippen LogP) is 7.40. The fourth-order valence-electron chi connectivity index (χ4n) is 4.30. The Hall–Kier alpha value is -3.47. The largest absolute Gasteiger partial charge is 0.507 e. The Bertz CT molecular complexity index is 1540. The summed E-state index contributed by atoms with van der Waals surface area (Å²) >= 11 is 6.24. The molecule has 40 heavy (non-hydrogen) atoms. The van der Waals surface area contributed by atoms with E-state index in [1.807, 2.05) is 54.6 Å². The number of hydrogen-bond donors (Lipinski definition) is 1. The van der Waals surface area contributed by atoms with E-state index in [0.29, 0.717) is 38.7 Å². The molecule has 0 aliphatic carbocycles. The van der Waals surface area contributed by atoms with Crippen LogP contribution in [0.2, 0.25) is 0 Å². The molecule has 1 N–H and O–H groups in total. The van der Waals surface area contributed by atoms with Crippen LogP contribution >= 0.6 is 39.0 Å². The Balaban J connectivity index is 1.49. The number of ketones is 1. The number of carbonyl (C=O) groups is 2. The summed E-state index contributed by atoms with van der Waals surface area (Å²) in [5.41, 5.74) is 2.21. The number of aliphatic hydroxyl groups is 1. The lowest BCUT2D eigenvalue weighted by molar-refractivity contribution is -0.132. The minimum absolute atomic E-state index is 0.00330. The molecule has 0 bridgehead atoms. The second kappa shape index (κ2) is 12.8. The molecule has 0 radical (unpaired) electrons. The molecule has 0 saturated carbocycles. The maximum absolute atomic E-state index is 13.4. The number of ether oxygens (including phenoxy) is 1. The number of thioether (sulfide) groups is 1. The van der Waals surface area contributed by atoms with E-state index in [1.54, 1.807) is 24.3 Å². The summed E-state index contributed by atoms with van der Waals surface area (Å²) in [7, 11) is 0. The first-order chi connectivity index (χ1) is 19.5. The van der Waals surface area contributed by atoms with Gasteiger partial charge in [0, 0.05) is 15.8 Å². The van der Waals surface area contributed by atoms with Crippen molar-refractivity contribution >= 4 is 61.6 Å². The maximum Gasteiger partial charge on any atom is 0.301 e. The summed E-state index contributed by atoms with van der Waals surface area (Å²) in [4.78, 5) is 28.2. The van der Waals surface area contributed by atoms with Crippen molar-refractivity contribution in [3.8, 4) is 5.75 Å². The van der Waals surface area contributed by atoms with Crippen LogP contribution < -0.4 is 9.64 Å². The summed E-state index contributed by atoms with van der Waals surface area (Å²) < 4.78 is 7.18. The molecule has 1 aromatic heterocycles. The van der Waals surface area contributed by atoms with Crippen molar-refractivity contribution < 1.29 is 19.4 Å². The number of benzene rings is 3. The van der Waals surface area contributed by atoms with Gasteiger partial charge in [0.2, 0.25) is 5.13 Å². The third kappa shape index (κ3) is 6.14. The molecule has 1 atom stereocenters. The summed E-state index contributed by atoms with van der Waals surface area (Å²) in [6, 6.07) is 23.3. The molecule has 1 amide bonds. The number of nitrogens with zero attached hydrogens (tertiary/aromatic N) is 3. The molecule has 10 heteroatoms. The van der Waals surface area contributed by atoms with E-state index in [-0.39, 0.29) is 11.3 Å². The number of anilines is 1. The lowest BCUT2D eigenvalue weighted by Gasteiger charge is -2.22. The average Bonchev–Trinajstić information content (AvgIpc) is 3.54. The van der Waals surface area contributed by atoms with Gasteiger partial charge in [-0.25, -0.2) is 0 Å². The zero-order valence-corrected chi connectivity index (χ0v) is 24.8. The Morgan fingerprint density at radius 2 is 1.82 bits per heavy atom. The van der Waals surface area contributed by atoms with Crippen molar-refractivity contribution in [3.05, 3.63) is 106 Å². The molecule has 1 aliphatic rings. The van der Waals surface area contributed by atoms with Crippen molar-refractivity contribution in [2.75, 3.05) is 11.5 Å². The number of rotatable bonds is 10. The lowest BCUT2D eigenvalue weighted by Crippen LogP contribution is -2.29. The number of aromatic nitrogens is 2. The van der Waals surface area contributed by atoms with E-state index < -0.39 is 17.7 Å². The van der Waals surface area contributed by atoms with Gasteiger partial charge in [-0.3, -0.25) is 14.5 Å². The third-order valence-corrected chi connectivity index (χ3v) is 8.93. The first kappa shape index (κ1) is 28.1. The van der Waals surface area contributed by atoms with Crippen LogP contribution in [0, 0.1) is 0 Å². The normalized spacial score (nSPS) is 16.4. The smallest absolute Gasteiger partial charge is 0.301 e. The van der Waals surface area contributed by atoms with Gasteiger partial charge in [-0.15, -0.1) is 10.2 Å². The van der Waals surface area contributed by atoms with Gasteiger partial charge < -0.3 is 9.84 Å². The quantitative estimate of drug-likeness (QED) is 0.0485. The molecule has 1 fully saturated rings. The van der Waals surface area contributed by atoms with Crippen molar-refractivity contribution in [2.24, 2.45) is 0 Å². The fourth-order valence-corrected chi connectivity index (χ4v) is 6.54. The SMILES string of the molecule is CCCCOc1ccc(/C(O)=C2\C(=O)C(=O)N(c3nnc(SCc4ccccc4)s3)C2c2cccc(Br)c2)cc1. The lowest BCUT2D eigenvalue weighted by atomic mass is 9.95. The van der Waals surface area contributed by atoms with Gasteiger partial charge in [0.1, 0.15) is 11.5 Å². The summed E-state index contributed by atoms with van der Waals surface area (Å²) in [5.74, 6) is -0.430. The third-order valence-electron chi connectivity index (χ3n) is 6.31. The Morgan fingerprint density at radius 1 is 1.05 bits per heavy atom. The molecule has 1 aliphatic heterocycles. The number of hydrogen-bond acceptors (Lipinski definition) is 8. The van der Waals surface area contributed by atoms with E-state index in [0.717, 1.165) is 22.9 Å². The van der Waals surface area contributed by atoms with Crippen LogP contribution in [0.25, 0.3) is 5.76 Å². The van der Waals surface area contributed by atoms with Crippen molar-refractivity contribution in [2.45, 2.75) is 35.9 Å². The topological polar surface area (TPSA) is 92.6 Å². The number of Topliss-reactive ketones (excluding diaryl/α,β-unsaturated/α-hetero) is 1. The monoisotopic (exact) mass is 635 g/mol. The molecule has 7 nitrogen and oxygen atoms in total. The second-order valence-corrected chi connectivity index (χ2v) is 12.2. The number of amides is 1. The van der Waals surface area contributed by atoms with Crippen molar-refractivity contribution in [1.82, 2.24) is 10.2 Å². The van der Waals surface area contributed by atoms with Crippen LogP contribution in [0.15, 0.2) is 93.2 Å². The van der Waals surface area contributed by atoms with Crippen molar-refractivity contribution in [1.29, 1.82) is 0 Å². The molecule has 0 spiro atoms. The Labute approximate surface area is 249 Å². The molecular formula is C30H26BrN3O4S2. The second-order valence-electron chi connectivity index (χ2n) is 9.08. The van der Waals surface area contributed by atoms with Crippen LogP contribution in [-0.2, 0) is 15.3 Å². The summed E-state index contributed by atoms with van der Waals surface area (Å²) in [5, 5.41) is 20.2. The van der Waals surface area contributed by atoms with Gasteiger partial charge in [0.25, 0.3) is 5.78 Å². The van der Waals surface area contributed by atoms with Crippen LogP contribution in [0.5, 0.6) is 5.75 Å². The molecule has 3 aromatic carbocycles. The van der Waals surface area contributed by atoms with Crippen LogP contribution in [0.3, 0.4) is 0 Å². The minimum atomic E-state index is -0.877. The van der Waals surface area contributed by atoms with E-state index in [1.165, 1.54) is 28.0 Å². The van der Waals surface area contributed by atoms with E-state index >= 15 is 0 Å². The first-order valence-corrected chi connectivity index (χ1v) is 15.4. The van der Waals surface area contributed by atoms with Crippen LogP contribution in [0.4, 0.5) is 5.13 Å². The van der Waals surface area contributed by atoms with E-state index in [9.17, 15) is 14.7 Å². The fraction of sp³-hybridized carbons (Fsp3) is 0.200. The number of carbonyl (C=O) groups excluding carboxylic acids is 2. The molecule has 204 valence electrons. The highest BCUT2D eigenvalue weighted by Gasteiger charge is 2.48. The molecule has 4 aromatic rings. The van der Waals surface area contributed by atoms with Gasteiger partial charge in [0.05, 0.1) is 18.2 Å². The maximum atomic E-state index is 13.4. The van der Waals surface area contributed by atoms with Crippen LogP contribution in [0.1, 0.15) is 42.5 Å². The standard InChI is InChI=1S/C30H26BrN3O4S2/c1-2-3-16-38-23-14-12-20(13-15-23)26(35)24-25(21-10-7-11-22(31)17-21)34(28(37)27(24)36)29-32-33-30(40-29)39-18-19-8-5-4-6-9-19/h4-15,17,25,35H,2-3,16,18H2,1H3/b26-24+. The Kier molecular flexibility index (Phi) is 8.98. The molecule has 1 unspecified atom stereocenters. The molecule has 5 rings (SSSR count). The highest BCUT2D eigenvalue weighted by Crippen LogP contribution is 2.44. The molecular weight excluding hydrogens is 610 g/mol. The summed E-state index contributed by atoms with van der Waals surface area (Å²) in [6.07, 6.45) is 1.96. The van der Waals surface area contributed by atoms with Gasteiger partial charge in [0.15, 0.2) is 4.34 Å². The number of unbranched alkanes of at least 4 members (excludes halogenated alkanes) is 1. The van der Waals surface area contributed by atoms with E-state index in [2.05, 4.69) is 33.1 Å². The number of aliphatic hydroxyl groups excluding tert-OH is 1. The van der Waals surface area contributed by atoms with Gasteiger partial charge >= 0.3 is 5.91 Å². The predicted molar refractivity (Wildman–Crippen MR) is 162 cm³/mol. The molecule has 2 heterocycles. The zero-order valence-electron chi connectivity index (χ0n) is 21.6. The molecule has 1 saturated heterocycles. The van der Waals surface area contributed by atoms with Gasteiger partial charge in [-0.1, -0.05) is 94.8 Å². The van der Waals surface area contributed by atoms with Gasteiger partial charge in [-0.2, -0.15) is 0 Å². The minimum Gasteiger partial charge on any atom is -0.507 e.